The summed E-state index contributed by atoms with van der Waals surface area (Å²) in [6.07, 6.45) is 0.685. The number of nitrogen functional groups attached to an aromatic ring is 1. The average Bonchev–Trinajstić information content (AvgIpc) is 2.28. The first kappa shape index (κ1) is 13.3. The van der Waals surface area contributed by atoms with Crippen molar-refractivity contribution < 1.29 is 15.0 Å². The van der Waals surface area contributed by atoms with Crippen LogP contribution in [0, 0.1) is 0 Å². The van der Waals surface area contributed by atoms with Crippen molar-refractivity contribution in [2.45, 2.75) is 25.6 Å². The van der Waals surface area contributed by atoms with Crippen LogP contribution >= 0.6 is 0 Å². The Morgan fingerprint density at radius 3 is 2.71 bits per heavy atom. The highest BCUT2D eigenvalue weighted by atomic mass is 16.3. The fraction of sp³-hybridized carbons (Fsp3) is 0.500. The minimum absolute atomic E-state index is 0.182. The van der Waals surface area contributed by atoms with Crippen LogP contribution in [0.5, 0.6) is 0 Å². The molecule has 1 aromatic rings. The molecule has 0 fully saturated rings. The molecule has 0 radical (unpaired) electrons. The summed E-state index contributed by atoms with van der Waals surface area (Å²) in [5, 5.41) is 21.9. The standard InChI is InChI=1S/C10H16N4O3/c1-6(15)12-3-2-8(16)10(17)7-4-14-9(11)5-13-7/h4-5,8,10,16-17H,2-3H2,1H3,(H2,11,14)(H,12,15). The molecule has 0 saturated heterocycles. The third-order valence-corrected chi connectivity index (χ3v) is 2.17. The summed E-state index contributed by atoms with van der Waals surface area (Å²) >= 11 is 0. The summed E-state index contributed by atoms with van der Waals surface area (Å²) < 4.78 is 0. The third-order valence-electron chi connectivity index (χ3n) is 2.17. The first-order valence-corrected chi connectivity index (χ1v) is 5.18. The molecule has 1 amide bonds. The van der Waals surface area contributed by atoms with E-state index in [1.54, 1.807) is 0 Å². The molecule has 0 aliphatic heterocycles. The van der Waals surface area contributed by atoms with E-state index in [1.165, 1.54) is 19.3 Å². The molecule has 94 valence electrons. The largest absolute Gasteiger partial charge is 0.390 e. The second-order valence-electron chi connectivity index (χ2n) is 3.65. The average molecular weight is 240 g/mol. The van der Waals surface area contributed by atoms with Crippen LogP contribution in [-0.2, 0) is 4.79 Å². The first-order valence-electron chi connectivity index (χ1n) is 5.18. The van der Waals surface area contributed by atoms with Gasteiger partial charge in [0.05, 0.1) is 24.2 Å². The number of aliphatic hydroxyl groups excluding tert-OH is 2. The van der Waals surface area contributed by atoms with Gasteiger partial charge in [0.25, 0.3) is 0 Å². The smallest absolute Gasteiger partial charge is 0.216 e. The van der Waals surface area contributed by atoms with Gasteiger partial charge in [0.2, 0.25) is 5.91 Å². The molecule has 0 aliphatic carbocycles. The maximum atomic E-state index is 10.6. The van der Waals surface area contributed by atoms with Gasteiger partial charge in [-0.1, -0.05) is 0 Å². The second-order valence-corrected chi connectivity index (χ2v) is 3.65. The fourth-order valence-corrected chi connectivity index (χ4v) is 1.25. The Bertz CT molecular complexity index is 368. The molecule has 7 heteroatoms. The van der Waals surface area contributed by atoms with Gasteiger partial charge in [-0.2, -0.15) is 0 Å². The van der Waals surface area contributed by atoms with E-state index in [9.17, 15) is 15.0 Å². The topological polar surface area (TPSA) is 121 Å². The van der Waals surface area contributed by atoms with Crippen molar-refractivity contribution in [1.82, 2.24) is 15.3 Å². The molecule has 7 nitrogen and oxygen atoms in total. The monoisotopic (exact) mass is 240 g/mol. The Hall–Kier alpha value is -1.73. The van der Waals surface area contributed by atoms with Gasteiger partial charge in [-0.3, -0.25) is 9.78 Å². The van der Waals surface area contributed by atoms with Crippen molar-refractivity contribution in [3.8, 4) is 0 Å². The summed E-state index contributed by atoms with van der Waals surface area (Å²) in [7, 11) is 0. The predicted octanol–water partition coefficient (Wildman–Crippen LogP) is -1.02. The van der Waals surface area contributed by atoms with Gasteiger partial charge in [-0.05, 0) is 6.42 Å². The normalized spacial score (nSPS) is 14.1. The molecule has 0 bridgehead atoms. The number of nitrogens with two attached hydrogens (primary N) is 1. The number of carbonyl (C=O) groups excluding carboxylic acids is 1. The number of aromatic nitrogens is 2. The second kappa shape index (κ2) is 6.12. The van der Waals surface area contributed by atoms with Gasteiger partial charge >= 0.3 is 0 Å². The van der Waals surface area contributed by atoms with Crippen molar-refractivity contribution in [1.29, 1.82) is 0 Å². The highest BCUT2D eigenvalue weighted by Gasteiger charge is 2.19. The molecular weight excluding hydrogens is 224 g/mol. The zero-order valence-corrected chi connectivity index (χ0v) is 9.50. The van der Waals surface area contributed by atoms with E-state index in [4.69, 9.17) is 5.73 Å². The molecule has 0 aliphatic rings. The van der Waals surface area contributed by atoms with E-state index in [-0.39, 0.29) is 30.4 Å². The Kier molecular flexibility index (Phi) is 4.80. The molecule has 0 saturated carbocycles. The van der Waals surface area contributed by atoms with Crippen molar-refractivity contribution in [3.63, 3.8) is 0 Å². The molecule has 0 spiro atoms. The van der Waals surface area contributed by atoms with Gasteiger partial charge in [-0.25, -0.2) is 4.98 Å². The van der Waals surface area contributed by atoms with Crippen molar-refractivity contribution in [2.24, 2.45) is 0 Å². The van der Waals surface area contributed by atoms with E-state index in [0.29, 0.717) is 0 Å². The lowest BCUT2D eigenvalue weighted by Gasteiger charge is -2.17. The van der Waals surface area contributed by atoms with E-state index >= 15 is 0 Å². The number of amides is 1. The summed E-state index contributed by atoms with van der Waals surface area (Å²) in [5.74, 6) is 0.0626. The number of aliphatic hydroxyl groups is 2. The first-order chi connectivity index (χ1) is 8.00. The fourth-order valence-electron chi connectivity index (χ4n) is 1.25. The van der Waals surface area contributed by atoms with E-state index in [1.807, 2.05) is 0 Å². The minimum Gasteiger partial charge on any atom is -0.390 e. The number of hydrogen-bond acceptors (Lipinski definition) is 6. The van der Waals surface area contributed by atoms with E-state index < -0.39 is 12.2 Å². The van der Waals surface area contributed by atoms with Crippen LogP contribution in [-0.4, -0.2) is 38.7 Å². The van der Waals surface area contributed by atoms with Gasteiger partial charge < -0.3 is 21.3 Å². The molecule has 0 aromatic carbocycles. The van der Waals surface area contributed by atoms with E-state index in [0.717, 1.165) is 0 Å². The Labute approximate surface area is 98.7 Å². The summed E-state index contributed by atoms with van der Waals surface area (Å²) in [5.41, 5.74) is 5.60. The molecule has 2 atom stereocenters. The van der Waals surface area contributed by atoms with Crippen LogP contribution in [0.2, 0.25) is 0 Å². The van der Waals surface area contributed by atoms with Crippen LogP contribution in [0.3, 0.4) is 0 Å². The number of anilines is 1. The zero-order chi connectivity index (χ0) is 12.8. The molecule has 1 rings (SSSR count). The summed E-state index contributed by atoms with van der Waals surface area (Å²) in [6, 6.07) is 0. The molecule has 1 aromatic heterocycles. The van der Waals surface area contributed by atoms with Crippen LogP contribution in [0.4, 0.5) is 5.82 Å². The van der Waals surface area contributed by atoms with Crippen LogP contribution in [0.1, 0.15) is 25.1 Å². The molecule has 1 heterocycles. The highest BCUT2D eigenvalue weighted by Crippen LogP contribution is 2.15. The Balaban J connectivity index is 2.48. The lowest BCUT2D eigenvalue weighted by molar-refractivity contribution is -0.119. The molecule has 17 heavy (non-hydrogen) atoms. The number of nitrogens with one attached hydrogen (secondary N) is 1. The SMILES string of the molecule is CC(=O)NCCC(O)C(O)c1cnc(N)cn1. The van der Waals surface area contributed by atoms with Crippen molar-refractivity contribution in [2.75, 3.05) is 12.3 Å². The molecule has 2 unspecified atom stereocenters. The minimum atomic E-state index is -1.14. The van der Waals surface area contributed by atoms with Crippen molar-refractivity contribution >= 4 is 11.7 Å². The van der Waals surface area contributed by atoms with Crippen LogP contribution in [0.15, 0.2) is 12.4 Å². The predicted molar refractivity (Wildman–Crippen MR) is 60.7 cm³/mol. The quantitative estimate of drug-likeness (QED) is 0.522. The Morgan fingerprint density at radius 2 is 2.18 bits per heavy atom. The van der Waals surface area contributed by atoms with Gasteiger partial charge in [0, 0.05) is 13.5 Å². The van der Waals surface area contributed by atoms with Gasteiger partial charge in [0.1, 0.15) is 11.9 Å². The lowest BCUT2D eigenvalue weighted by atomic mass is 10.1. The number of hydrogen-bond donors (Lipinski definition) is 4. The van der Waals surface area contributed by atoms with Crippen LogP contribution < -0.4 is 11.1 Å². The van der Waals surface area contributed by atoms with Gasteiger partial charge in [-0.15, -0.1) is 0 Å². The van der Waals surface area contributed by atoms with Crippen molar-refractivity contribution in [3.05, 3.63) is 18.1 Å². The zero-order valence-electron chi connectivity index (χ0n) is 9.50. The summed E-state index contributed by atoms with van der Waals surface area (Å²) in [4.78, 5) is 18.2. The van der Waals surface area contributed by atoms with Gasteiger partial charge in [0.15, 0.2) is 0 Å². The number of carbonyl (C=O) groups is 1. The Morgan fingerprint density at radius 1 is 1.47 bits per heavy atom. The third kappa shape index (κ3) is 4.33. The molecular formula is C10H16N4O3. The van der Waals surface area contributed by atoms with Crippen LogP contribution in [0.25, 0.3) is 0 Å². The summed E-state index contributed by atoms with van der Waals surface area (Å²) in [6.45, 7) is 1.67. The number of nitrogens with zero attached hydrogens (tertiary/aromatic N) is 2. The molecule has 5 N–H and O–H groups in total. The maximum Gasteiger partial charge on any atom is 0.216 e. The maximum absolute atomic E-state index is 10.6. The highest BCUT2D eigenvalue weighted by molar-refractivity contribution is 5.72. The van der Waals surface area contributed by atoms with E-state index in [2.05, 4.69) is 15.3 Å². The number of rotatable bonds is 5. The lowest BCUT2D eigenvalue weighted by Crippen LogP contribution is -2.28.